The minimum Gasteiger partial charge on any atom is -0.501 e. The lowest BCUT2D eigenvalue weighted by Crippen LogP contribution is -2.05. The van der Waals surface area contributed by atoms with Gasteiger partial charge in [-0.05, 0) is 0 Å². The maximum Gasteiger partial charge on any atom is 0.314 e. The number of hydrogen-bond donors (Lipinski definition) is 2. The van der Waals surface area contributed by atoms with Gasteiger partial charge in [0.25, 0.3) is 6.43 Å². The summed E-state index contributed by atoms with van der Waals surface area (Å²) < 4.78 is 24.5. The van der Waals surface area contributed by atoms with E-state index in [4.69, 9.17) is 5.73 Å². The molecule has 15 heavy (non-hydrogen) atoms. The van der Waals surface area contributed by atoms with Gasteiger partial charge >= 0.3 is 5.69 Å². The first-order valence-corrected chi connectivity index (χ1v) is 3.82. The number of pyridine rings is 1. The first-order valence-electron chi connectivity index (χ1n) is 3.82. The van der Waals surface area contributed by atoms with E-state index in [0.29, 0.717) is 6.07 Å². The summed E-state index contributed by atoms with van der Waals surface area (Å²) in [5.41, 5.74) is 3.18. The highest BCUT2D eigenvalue weighted by Gasteiger charge is 2.23. The normalized spacial score (nSPS) is 10.7. The molecule has 0 unspecified atom stereocenters. The van der Waals surface area contributed by atoms with E-state index in [9.17, 15) is 24.0 Å². The van der Waals surface area contributed by atoms with Crippen LogP contribution in [-0.2, 0) is 6.54 Å². The van der Waals surface area contributed by atoms with Crippen LogP contribution in [-0.4, -0.2) is 15.0 Å². The molecule has 0 aliphatic carbocycles. The zero-order valence-electron chi connectivity index (χ0n) is 7.35. The van der Waals surface area contributed by atoms with Crippen molar-refractivity contribution in [2.45, 2.75) is 13.0 Å². The van der Waals surface area contributed by atoms with Gasteiger partial charge in [0.2, 0.25) is 5.75 Å². The topological polar surface area (TPSA) is 102 Å². The van der Waals surface area contributed by atoms with E-state index < -0.39 is 28.5 Å². The molecule has 0 bridgehead atoms. The first-order chi connectivity index (χ1) is 6.97. The lowest BCUT2D eigenvalue weighted by atomic mass is 10.2. The van der Waals surface area contributed by atoms with Gasteiger partial charge in [0, 0.05) is 12.6 Å². The number of nitro groups is 1. The number of hydrogen-bond acceptors (Lipinski definition) is 5. The van der Waals surface area contributed by atoms with Crippen LogP contribution in [0.25, 0.3) is 0 Å². The molecular weight excluding hydrogens is 212 g/mol. The third-order valence-corrected chi connectivity index (χ3v) is 1.68. The molecule has 0 spiro atoms. The van der Waals surface area contributed by atoms with E-state index in [1.165, 1.54) is 0 Å². The van der Waals surface area contributed by atoms with E-state index >= 15 is 0 Å². The van der Waals surface area contributed by atoms with Gasteiger partial charge in [-0.15, -0.1) is 0 Å². The van der Waals surface area contributed by atoms with Crippen LogP contribution < -0.4 is 5.73 Å². The number of nitrogens with zero attached hydrogens (tertiary/aromatic N) is 2. The van der Waals surface area contributed by atoms with E-state index in [1.54, 1.807) is 0 Å². The second kappa shape index (κ2) is 4.13. The highest BCUT2D eigenvalue weighted by Crippen LogP contribution is 2.31. The molecule has 82 valence electrons. The second-order valence-corrected chi connectivity index (χ2v) is 2.62. The van der Waals surface area contributed by atoms with Crippen molar-refractivity contribution in [1.29, 1.82) is 0 Å². The van der Waals surface area contributed by atoms with Crippen molar-refractivity contribution < 1.29 is 18.8 Å². The molecule has 3 N–H and O–H groups in total. The molecule has 0 aliphatic rings. The highest BCUT2D eigenvalue weighted by atomic mass is 19.3. The minimum atomic E-state index is -2.95. The quantitative estimate of drug-likeness (QED) is 0.585. The van der Waals surface area contributed by atoms with Crippen LogP contribution in [0.2, 0.25) is 0 Å². The zero-order chi connectivity index (χ0) is 11.6. The molecular formula is C7H7F2N3O3. The highest BCUT2D eigenvalue weighted by molar-refractivity contribution is 5.49. The Hall–Kier alpha value is -1.83. The number of rotatable bonds is 3. The monoisotopic (exact) mass is 219 g/mol. The van der Waals surface area contributed by atoms with Crippen LogP contribution >= 0.6 is 0 Å². The van der Waals surface area contributed by atoms with Crippen molar-refractivity contribution in [3.8, 4) is 5.75 Å². The molecule has 1 aromatic rings. The lowest BCUT2D eigenvalue weighted by molar-refractivity contribution is -0.386. The smallest absolute Gasteiger partial charge is 0.314 e. The predicted octanol–water partition coefficient (Wildman–Crippen LogP) is 1.09. The third-order valence-electron chi connectivity index (χ3n) is 1.68. The summed E-state index contributed by atoms with van der Waals surface area (Å²) in [5, 5.41) is 19.6. The molecule has 0 saturated heterocycles. The Morgan fingerprint density at radius 1 is 1.67 bits per heavy atom. The summed E-state index contributed by atoms with van der Waals surface area (Å²) in [4.78, 5) is 12.7. The molecule has 0 radical (unpaired) electrons. The van der Waals surface area contributed by atoms with Crippen LogP contribution in [0.1, 0.15) is 17.8 Å². The van der Waals surface area contributed by atoms with Crippen molar-refractivity contribution >= 4 is 5.69 Å². The van der Waals surface area contributed by atoms with Gasteiger partial charge in [-0.25, -0.2) is 13.8 Å². The van der Waals surface area contributed by atoms with Crippen LogP contribution in [0.5, 0.6) is 5.75 Å². The summed E-state index contributed by atoms with van der Waals surface area (Å²) in [5.74, 6) is -0.771. The number of aromatic hydroxyl groups is 1. The van der Waals surface area contributed by atoms with Crippen LogP contribution in [0.15, 0.2) is 6.07 Å². The number of aromatic nitrogens is 1. The number of alkyl halides is 2. The Balaban J connectivity index is 3.38. The molecule has 0 aromatic carbocycles. The first kappa shape index (κ1) is 11.2. The minimum absolute atomic E-state index is 0.320. The van der Waals surface area contributed by atoms with Gasteiger partial charge in [-0.3, -0.25) is 10.1 Å². The van der Waals surface area contributed by atoms with Gasteiger partial charge < -0.3 is 10.8 Å². The van der Waals surface area contributed by atoms with Crippen molar-refractivity contribution in [1.82, 2.24) is 4.98 Å². The van der Waals surface area contributed by atoms with Crippen LogP contribution in [0, 0.1) is 10.1 Å². The fraction of sp³-hybridized carbons (Fsp3) is 0.286. The van der Waals surface area contributed by atoms with Crippen molar-refractivity contribution in [3.05, 3.63) is 27.6 Å². The second-order valence-electron chi connectivity index (χ2n) is 2.62. The summed E-state index contributed by atoms with van der Waals surface area (Å²) in [6.45, 7) is -0.354. The molecule has 8 heteroatoms. The maximum atomic E-state index is 12.3. The fourth-order valence-corrected chi connectivity index (χ4v) is 0.991. The van der Waals surface area contributed by atoms with Crippen LogP contribution in [0.4, 0.5) is 14.5 Å². The van der Waals surface area contributed by atoms with E-state index in [1.807, 2.05) is 0 Å². The molecule has 0 amide bonds. The predicted molar refractivity (Wildman–Crippen MR) is 45.4 cm³/mol. The summed E-state index contributed by atoms with van der Waals surface area (Å²) in [7, 11) is 0. The summed E-state index contributed by atoms with van der Waals surface area (Å²) >= 11 is 0. The molecule has 0 aliphatic heterocycles. The van der Waals surface area contributed by atoms with Gasteiger partial charge in [0.1, 0.15) is 11.4 Å². The van der Waals surface area contributed by atoms with E-state index in [0.717, 1.165) is 0 Å². The molecule has 1 rings (SSSR count). The van der Waals surface area contributed by atoms with Crippen molar-refractivity contribution in [3.63, 3.8) is 0 Å². The average molecular weight is 219 g/mol. The molecule has 0 atom stereocenters. The summed E-state index contributed by atoms with van der Waals surface area (Å²) in [6.07, 6.45) is -2.95. The fourth-order valence-electron chi connectivity index (χ4n) is 0.991. The van der Waals surface area contributed by atoms with E-state index in [-0.39, 0.29) is 12.2 Å². The van der Waals surface area contributed by atoms with Gasteiger partial charge in [-0.2, -0.15) is 0 Å². The van der Waals surface area contributed by atoms with Gasteiger partial charge in [0.15, 0.2) is 0 Å². The summed E-state index contributed by atoms with van der Waals surface area (Å²) in [6, 6.07) is 0.527. The molecule has 1 aromatic heterocycles. The Morgan fingerprint density at radius 3 is 2.67 bits per heavy atom. The Bertz CT molecular complexity index is 397. The largest absolute Gasteiger partial charge is 0.501 e. The lowest BCUT2D eigenvalue weighted by Gasteiger charge is -2.05. The molecule has 0 saturated carbocycles. The number of nitrogens with two attached hydrogens (primary N) is 1. The van der Waals surface area contributed by atoms with Gasteiger partial charge in [-0.1, -0.05) is 0 Å². The molecule has 0 fully saturated rings. The van der Waals surface area contributed by atoms with Crippen molar-refractivity contribution in [2.75, 3.05) is 0 Å². The molecule has 1 heterocycles. The van der Waals surface area contributed by atoms with E-state index in [2.05, 4.69) is 4.98 Å². The number of halogens is 2. The average Bonchev–Trinajstić information content (AvgIpc) is 2.17. The zero-order valence-corrected chi connectivity index (χ0v) is 7.35. The SMILES string of the molecule is NCc1nc(C(F)F)cc([N+](=O)[O-])c1O. The Morgan fingerprint density at radius 2 is 2.27 bits per heavy atom. The Labute approximate surface area is 82.5 Å². The third kappa shape index (κ3) is 2.15. The molecule has 6 nitrogen and oxygen atoms in total. The Kier molecular flexibility index (Phi) is 3.10. The van der Waals surface area contributed by atoms with Gasteiger partial charge in [0.05, 0.1) is 4.92 Å². The maximum absolute atomic E-state index is 12.3. The van der Waals surface area contributed by atoms with Crippen LogP contribution in [0.3, 0.4) is 0 Å². The standard InChI is InChI=1S/C7H7F2N3O3/c8-7(9)3-1-5(12(14)15)6(13)4(2-10)11-3/h1,7,13H,2,10H2. The van der Waals surface area contributed by atoms with Crippen molar-refractivity contribution in [2.24, 2.45) is 5.73 Å².